The van der Waals surface area contributed by atoms with Gasteiger partial charge < -0.3 is 4.57 Å². The van der Waals surface area contributed by atoms with Crippen LogP contribution in [0.5, 0.6) is 0 Å². The minimum atomic E-state index is -0.456. The van der Waals surface area contributed by atoms with Gasteiger partial charge in [-0.15, -0.1) is 0 Å². The fourth-order valence-corrected chi connectivity index (χ4v) is 2.87. The number of anilines is 1. The average Bonchev–Trinajstić information content (AvgIpc) is 2.77. The molecule has 0 fully saturated rings. The third-order valence-corrected chi connectivity index (χ3v) is 4.42. The van der Waals surface area contributed by atoms with E-state index in [1.165, 1.54) is 12.1 Å². The summed E-state index contributed by atoms with van der Waals surface area (Å²) in [4.78, 5) is 16.7. The molecular formula is C15H10ClFIN3O. The molecule has 0 aliphatic carbocycles. The van der Waals surface area contributed by atoms with Crippen molar-refractivity contribution in [2.75, 3.05) is 5.32 Å². The van der Waals surface area contributed by atoms with Crippen LogP contribution in [-0.2, 0) is 7.05 Å². The maximum Gasteiger partial charge on any atom is 0.259 e. The highest BCUT2D eigenvalue weighted by Gasteiger charge is 2.15. The number of carbonyl (C=O) groups is 1. The first-order valence-electron chi connectivity index (χ1n) is 6.34. The van der Waals surface area contributed by atoms with Gasteiger partial charge in [0, 0.05) is 15.6 Å². The highest BCUT2D eigenvalue weighted by molar-refractivity contribution is 14.1. The molecule has 112 valence electrons. The number of benzene rings is 2. The molecule has 0 saturated carbocycles. The maximum atomic E-state index is 13.3. The summed E-state index contributed by atoms with van der Waals surface area (Å²) in [6.07, 6.45) is 0. The van der Waals surface area contributed by atoms with Gasteiger partial charge in [-0.3, -0.25) is 10.1 Å². The second kappa shape index (κ2) is 5.85. The number of nitrogens with zero attached hydrogens (tertiary/aromatic N) is 2. The summed E-state index contributed by atoms with van der Waals surface area (Å²) >= 11 is 7.93. The van der Waals surface area contributed by atoms with E-state index in [9.17, 15) is 9.18 Å². The molecule has 0 spiro atoms. The van der Waals surface area contributed by atoms with Crippen molar-refractivity contribution in [3.05, 3.63) is 56.4 Å². The van der Waals surface area contributed by atoms with Crippen LogP contribution >= 0.6 is 34.2 Å². The predicted molar refractivity (Wildman–Crippen MR) is 92.8 cm³/mol. The van der Waals surface area contributed by atoms with Crippen LogP contribution < -0.4 is 5.32 Å². The van der Waals surface area contributed by atoms with Gasteiger partial charge in [-0.05, 0) is 59.0 Å². The lowest BCUT2D eigenvalue weighted by Gasteiger charge is -2.07. The Hall–Kier alpha value is -1.67. The lowest BCUT2D eigenvalue weighted by Crippen LogP contribution is -2.16. The quantitative estimate of drug-likeness (QED) is 0.620. The zero-order chi connectivity index (χ0) is 15.9. The Morgan fingerprint density at radius 1 is 1.32 bits per heavy atom. The van der Waals surface area contributed by atoms with Crippen molar-refractivity contribution in [1.82, 2.24) is 9.55 Å². The number of carbonyl (C=O) groups excluding carboxylic acids is 1. The number of rotatable bonds is 2. The van der Waals surface area contributed by atoms with Crippen molar-refractivity contribution < 1.29 is 9.18 Å². The maximum absolute atomic E-state index is 13.3. The second-order valence-corrected chi connectivity index (χ2v) is 6.30. The molecule has 1 N–H and O–H groups in total. The lowest BCUT2D eigenvalue weighted by molar-refractivity contribution is 0.102. The zero-order valence-electron chi connectivity index (χ0n) is 11.4. The van der Waals surface area contributed by atoms with Crippen LogP contribution in [0.25, 0.3) is 11.0 Å². The normalized spacial score (nSPS) is 10.9. The Morgan fingerprint density at radius 2 is 2.09 bits per heavy atom. The van der Waals surface area contributed by atoms with Gasteiger partial charge in [-0.25, -0.2) is 9.37 Å². The number of hydrogen-bond acceptors (Lipinski definition) is 2. The van der Waals surface area contributed by atoms with Gasteiger partial charge in [0.1, 0.15) is 5.82 Å². The molecule has 0 aliphatic heterocycles. The molecule has 1 amide bonds. The lowest BCUT2D eigenvalue weighted by atomic mass is 10.2. The number of fused-ring (bicyclic) bond motifs is 1. The van der Waals surface area contributed by atoms with E-state index in [0.29, 0.717) is 20.1 Å². The average molecular weight is 430 g/mol. The molecule has 3 rings (SSSR count). The number of nitrogens with one attached hydrogen (secondary N) is 1. The number of amides is 1. The van der Waals surface area contributed by atoms with Crippen LogP contribution in [0.2, 0.25) is 5.02 Å². The first-order valence-corrected chi connectivity index (χ1v) is 7.80. The van der Waals surface area contributed by atoms with Crippen molar-refractivity contribution in [2.24, 2.45) is 7.05 Å². The number of imidazole rings is 1. The minimum Gasteiger partial charge on any atom is -0.313 e. The van der Waals surface area contributed by atoms with E-state index in [1.54, 1.807) is 29.8 Å². The molecule has 0 radical (unpaired) electrons. The Kier molecular flexibility index (Phi) is 4.05. The Bertz CT molecular complexity index is 894. The second-order valence-electron chi connectivity index (χ2n) is 4.71. The monoisotopic (exact) mass is 429 g/mol. The van der Waals surface area contributed by atoms with Crippen molar-refractivity contribution in [1.29, 1.82) is 0 Å². The summed E-state index contributed by atoms with van der Waals surface area (Å²) in [5, 5.41) is 3.27. The number of halogens is 3. The van der Waals surface area contributed by atoms with Crippen LogP contribution in [0.1, 0.15) is 10.4 Å². The molecule has 0 aliphatic rings. The molecule has 0 bridgehead atoms. The number of hydrogen-bond donors (Lipinski definition) is 1. The van der Waals surface area contributed by atoms with Gasteiger partial charge in [0.2, 0.25) is 5.95 Å². The van der Waals surface area contributed by atoms with Gasteiger partial charge in [-0.2, -0.15) is 0 Å². The van der Waals surface area contributed by atoms with Crippen molar-refractivity contribution in [3.8, 4) is 0 Å². The first kappa shape index (κ1) is 15.2. The van der Waals surface area contributed by atoms with Crippen LogP contribution in [0.15, 0.2) is 36.4 Å². The van der Waals surface area contributed by atoms with E-state index >= 15 is 0 Å². The Labute approximate surface area is 144 Å². The van der Waals surface area contributed by atoms with Gasteiger partial charge in [0.05, 0.1) is 16.6 Å². The van der Waals surface area contributed by atoms with Crippen LogP contribution in [0, 0.1) is 9.39 Å². The van der Waals surface area contributed by atoms with Crippen LogP contribution in [-0.4, -0.2) is 15.5 Å². The van der Waals surface area contributed by atoms with E-state index in [2.05, 4.69) is 10.3 Å². The molecule has 1 heterocycles. The van der Waals surface area contributed by atoms with Gasteiger partial charge in [-0.1, -0.05) is 11.6 Å². The SMILES string of the molecule is Cn1c(NC(=O)c2cc(F)ccc2I)nc2cc(Cl)ccc21. The predicted octanol–water partition coefficient (Wildman–Crippen LogP) is 4.22. The third kappa shape index (κ3) is 2.80. The summed E-state index contributed by atoms with van der Waals surface area (Å²) in [6.45, 7) is 0. The van der Waals surface area contributed by atoms with Crippen LogP contribution in [0.4, 0.5) is 10.3 Å². The molecule has 0 atom stereocenters. The van der Waals surface area contributed by atoms with Gasteiger partial charge in [0.15, 0.2) is 0 Å². The molecular weight excluding hydrogens is 420 g/mol. The third-order valence-electron chi connectivity index (χ3n) is 3.24. The molecule has 4 nitrogen and oxygen atoms in total. The number of aromatic nitrogens is 2. The Balaban J connectivity index is 1.97. The molecule has 3 aromatic rings. The minimum absolute atomic E-state index is 0.269. The fraction of sp³-hybridized carbons (Fsp3) is 0.0667. The summed E-state index contributed by atoms with van der Waals surface area (Å²) < 4.78 is 15.7. The zero-order valence-corrected chi connectivity index (χ0v) is 14.3. The summed E-state index contributed by atoms with van der Waals surface area (Å²) in [5.74, 6) is -0.488. The van der Waals surface area contributed by atoms with Gasteiger partial charge >= 0.3 is 0 Å². The molecule has 22 heavy (non-hydrogen) atoms. The van der Waals surface area contributed by atoms with Crippen LogP contribution in [0.3, 0.4) is 0 Å². The van der Waals surface area contributed by atoms with E-state index in [1.807, 2.05) is 28.7 Å². The van der Waals surface area contributed by atoms with Crippen molar-refractivity contribution >= 4 is 57.1 Å². The van der Waals surface area contributed by atoms with E-state index in [4.69, 9.17) is 11.6 Å². The number of aryl methyl sites for hydroxylation is 1. The van der Waals surface area contributed by atoms with Gasteiger partial charge in [0.25, 0.3) is 5.91 Å². The molecule has 7 heteroatoms. The smallest absolute Gasteiger partial charge is 0.259 e. The highest BCUT2D eigenvalue weighted by Crippen LogP contribution is 2.23. The molecule has 1 aromatic heterocycles. The Morgan fingerprint density at radius 3 is 2.86 bits per heavy atom. The molecule has 0 unspecified atom stereocenters. The summed E-state index contributed by atoms with van der Waals surface area (Å²) in [6, 6.07) is 9.38. The topological polar surface area (TPSA) is 46.9 Å². The molecule has 0 saturated heterocycles. The highest BCUT2D eigenvalue weighted by atomic mass is 127. The van der Waals surface area contributed by atoms with E-state index < -0.39 is 11.7 Å². The summed E-state index contributed by atoms with van der Waals surface area (Å²) in [5.41, 5.74) is 1.79. The molecule has 2 aromatic carbocycles. The van der Waals surface area contributed by atoms with E-state index in [0.717, 1.165) is 5.52 Å². The summed E-state index contributed by atoms with van der Waals surface area (Å²) in [7, 11) is 1.79. The van der Waals surface area contributed by atoms with Crippen molar-refractivity contribution in [3.63, 3.8) is 0 Å². The standard InChI is InChI=1S/C15H10ClFIN3O/c1-21-13-5-2-8(16)6-12(13)19-15(21)20-14(22)10-7-9(17)3-4-11(10)18/h2-7H,1H3,(H,19,20,22). The largest absolute Gasteiger partial charge is 0.313 e. The van der Waals surface area contributed by atoms with Crippen molar-refractivity contribution in [2.45, 2.75) is 0 Å². The van der Waals surface area contributed by atoms with E-state index in [-0.39, 0.29) is 5.56 Å². The fourth-order valence-electron chi connectivity index (χ4n) is 2.13. The first-order chi connectivity index (χ1) is 10.5.